The molecule has 0 atom stereocenters. The summed E-state index contributed by atoms with van der Waals surface area (Å²) in [6.07, 6.45) is 0. The van der Waals surface area contributed by atoms with Gasteiger partial charge in [0.1, 0.15) is 5.82 Å². The van der Waals surface area contributed by atoms with Crippen molar-refractivity contribution in [2.24, 2.45) is 0 Å². The summed E-state index contributed by atoms with van der Waals surface area (Å²) < 4.78 is 0. The van der Waals surface area contributed by atoms with E-state index in [1.54, 1.807) is 0 Å². The number of piperazine rings is 1. The lowest BCUT2D eigenvalue weighted by molar-refractivity contribution is 0.648. The van der Waals surface area contributed by atoms with Crippen molar-refractivity contribution in [2.45, 2.75) is 0 Å². The van der Waals surface area contributed by atoms with Crippen LogP contribution in [0.15, 0.2) is 84.9 Å². The molecule has 0 aliphatic carbocycles. The van der Waals surface area contributed by atoms with E-state index in [9.17, 15) is 0 Å². The maximum absolute atomic E-state index is 6.30. The predicted octanol–water partition coefficient (Wildman–Crippen LogP) is 5.88. The van der Waals surface area contributed by atoms with Crippen LogP contribution in [0.1, 0.15) is 0 Å². The lowest BCUT2D eigenvalue weighted by atomic mass is 10.0. The molecule has 1 fully saturated rings. The van der Waals surface area contributed by atoms with Crippen molar-refractivity contribution in [3.05, 3.63) is 90.0 Å². The second-order valence-corrected chi connectivity index (χ2v) is 7.80. The summed E-state index contributed by atoms with van der Waals surface area (Å²) in [4.78, 5) is 9.80. The van der Waals surface area contributed by atoms with Crippen molar-refractivity contribution >= 4 is 34.0 Å². The van der Waals surface area contributed by atoms with Gasteiger partial charge in [-0.2, -0.15) is 0 Å². The van der Waals surface area contributed by atoms with Crippen molar-refractivity contribution in [3.8, 4) is 11.1 Å². The number of halogens is 1. The molecule has 1 aromatic heterocycles. The Morgan fingerprint density at radius 3 is 2.07 bits per heavy atom. The monoisotopic (exact) mass is 399 g/mol. The van der Waals surface area contributed by atoms with E-state index in [-0.39, 0.29) is 0 Å². The Kier molecular flexibility index (Phi) is 4.82. The number of fused-ring (bicyclic) bond motifs is 1. The number of aromatic nitrogens is 1. The maximum Gasteiger partial charge on any atom is 0.129 e. The van der Waals surface area contributed by atoms with Gasteiger partial charge in [-0.15, -0.1) is 0 Å². The third kappa shape index (κ3) is 3.66. The third-order valence-electron chi connectivity index (χ3n) is 5.57. The maximum atomic E-state index is 6.30. The quantitative estimate of drug-likeness (QED) is 0.428. The normalized spacial score (nSPS) is 14.4. The first-order valence-corrected chi connectivity index (χ1v) is 10.4. The van der Waals surface area contributed by atoms with Crippen molar-refractivity contribution in [1.82, 2.24) is 4.98 Å². The highest BCUT2D eigenvalue weighted by atomic mass is 35.5. The fraction of sp³-hybridized carbons (Fsp3) is 0.160. The molecule has 4 heteroatoms. The van der Waals surface area contributed by atoms with Gasteiger partial charge in [-0.1, -0.05) is 60.1 Å². The number of anilines is 2. The Labute approximate surface area is 176 Å². The van der Waals surface area contributed by atoms with Crippen LogP contribution in [-0.2, 0) is 0 Å². The molecule has 3 nitrogen and oxygen atoms in total. The van der Waals surface area contributed by atoms with Crippen LogP contribution in [0.4, 0.5) is 11.5 Å². The van der Waals surface area contributed by atoms with Crippen molar-refractivity contribution in [2.75, 3.05) is 36.0 Å². The van der Waals surface area contributed by atoms with Crippen LogP contribution in [0.5, 0.6) is 0 Å². The summed E-state index contributed by atoms with van der Waals surface area (Å²) in [5, 5.41) is 1.83. The molecule has 0 spiro atoms. The van der Waals surface area contributed by atoms with E-state index < -0.39 is 0 Å². The Hall–Kier alpha value is -3.04. The molecular weight excluding hydrogens is 378 g/mol. The fourth-order valence-electron chi connectivity index (χ4n) is 4.04. The molecule has 3 aromatic carbocycles. The third-order valence-corrected chi connectivity index (χ3v) is 5.80. The van der Waals surface area contributed by atoms with Gasteiger partial charge in [0.05, 0.1) is 5.52 Å². The minimum Gasteiger partial charge on any atom is -0.368 e. The zero-order valence-electron chi connectivity index (χ0n) is 16.1. The molecule has 1 aliphatic heterocycles. The van der Waals surface area contributed by atoms with Gasteiger partial charge in [0.15, 0.2) is 0 Å². The summed E-state index contributed by atoms with van der Waals surface area (Å²) in [6.45, 7) is 3.89. The number of benzene rings is 3. The Morgan fingerprint density at radius 1 is 0.690 bits per heavy atom. The average Bonchev–Trinajstić information content (AvgIpc) is 2.80. The van der Waals surface area contributed by atoms with Crippen molar-refractivity contribution in [3.63, 3.8) is 0 Å². The smallest absolute Gasteiger partial charge is 0.129 e. The van der Waals surface area contributed by atoms with Gasteiger partial charge in [-0.05, 0) is 47.5 Å². The molecule has 5 rings (SSSR count). The van der Waals surface area contributed by atoms with E-state index in [0.29, 0.717) is 0 Å². The summed E-state index contributed by atoms with van der Waals surface area (Å²) in [6, 6.07) is 29.3. The number of hydrogen-bond acceptors (Lipinski definition) is 3. The van der Waals surface area contributed by atoms with Crippen molar-refractivity contribution < 1.29 is 0 Å². The lowest BCUT2D eigenvalue weighted by Crippen LogP contribution is -2.46. The van der Waals surface area contributed by atoms with Crippen LogP contribution in [-0.4, -0.2) is 31.2 Å². The number of nitrogens with zero attached hydrogens (tertiary/aromatic N) is 3. The molecule has 0 N–H and O–H groups in total. The number of rotatable bonds is 3. The van der Waals surface area contributed by atoms with Gasteiger partial charge >= 0.3 is 0 Å². The van der Waals surface area contributed by atoms with Gasteiger partial charge in [0.2, 0.25) is 0 Å². The van der Waals surface area contributed by atoms with Crippen LogP contribution < -0.4 is 9.80 Å². The number of pyridine rings is 1. The molecule has 0 bridgehead atoms. The topological polar surface area (TPSA) is 19.4 Å². The minimum absolute atomic E-state index is 0.737. The fourth-order valence-corrected chi connectivity index (χ4v) is 4.21. The van der Waals surface area contributed by atoms with Crippen LogP contribution in [0.3, 0.4) is 0 Å². The molecular formula is C25H22ClN3. The summed E-state index contributed by atoms with van der Waals surface area (Å²) >= 11 is 6.30. The largest absolute Gasteiger partial charge is 0.368 e. The minimum atomic E-state index is 0.737. The first-order valence-electron chi connectivity index (χ1n) is 9.99. The molecule has 0 unspecified atom stereocenters. The average molecular weight is 400 g/mol. The van der Waals surface area contributed by atoms with Crippen LogP contribution >= 0.6 is 11.6 Å². The summed E-state index contributed by atoms with van der Waals surface area (Å²) in [7, 11) is 0. The molecule has 144 valence electrons. The molecule has 2 heterocycles. The first kappa shape index (κ1) is 18.0. The van der Waals surface area contributed by atoms with E-state index in [1.165, 1.54) is 16.8 Å². The zero-order chi connectivity index (χ0) is 19.6. The van der Waals surface area contributed by atoms with Crippen molar-refractivity contribution in [1.29, 1.82) is 0 Å². The van der Waals surface area contributed by atoms with E-state index in [2.05, 4.69) is 70.5 Å². The second kappa shape index (κ2) is 7.76. The SMILES string of the molecule is Clc1ccc2nc(N3CCN(c4ccccc4)CC3)cc(-c3ccccc3)c2c1. The van der Waals surface area contributed by atoms with Crippen LogP contribution in [0.2, 0.25) is 5.02 Å². The van der Waals surface area contributed by atoms with Gasteiger partial charge in [0.25, 0.3) is 0 Å². The highest BCUT2D eigenvalue weighted by Crippen LogP contribution is 2.33. The van der Waals surface area contributed by atoms with E-state index in [1.807, 2.05) is 24.3 Å². The molecule has 1 aliphatic rings. The molecule has 29 heavy (non-hydrogen) atoms. The highest BCUT2D eigenvalue weighted by molar-refractivity contribution is 6.31. The van der Waals surface area contributed by atoms with Gasteiger partial charge < -0.3 is 9.80 Å². The second-order valence-electron chi connectivity index (χ2n) is 7.37. The van der Waals surface area contributed by atoms with E-state index in [4.69, 9.17) is 16.6 Å². The zero-order valence-corrected chi connectivity index (χ0v) is 16.9. The number of para-hydroxylation sites is 1. The molecule has 1 saturated heterocycles. The molecule has 4 aromatic rings. The standard InChI is InChI=1S/C25H22ClN3/c26-20-11-12-24-23(17-20)22(19-7-3-1-4-8-19)18-25(27-24)29-15-13-28(14-16-29)21-9-5-2-6-10-21/h1-12,17-18H,13-16H2. The van der Waals surface area contributed by atoms with Crippen LogP contribution in [0.25, 0.3) is 22.0 Å². The molecule has 0 saturated carbocycles. The van der Waals surface area contributed by atoms with Gasteiger partial charge in [-0.25, -0.2) is 4.98 Å². The summed E-state index contributed by atoms with van der Waals surface area (Å²) in [5.41, 5.74) is 4.64. The lowest BCUT2D eigenvalue weighted by Gasteiger charge is -2.37. The summed E-state index contributed by atoms with van der Waals surface area (Å²) in [5.74, 6) is 1.03. The van der Waals surface area contributed by atoms with Gasteiger partial charge in [0, 0.05) is 42.3 Å². The Morgan fingerprint density at radius 2 is 1.34 bits per heavy atom. The van der Waals surface area contributed by atoms with E-state index >= 15 is 0 Å². The van der Waals surface area contributed by atoms with Crippen LogP contribution in [0, 0.1) is 0 Å². The molecule has 0 amide bonds. The number of hydrogen-bond donors (Lipinski definition) is 0. The van der Waals surface area contributed by atoms with Gasteiger partial charge in [-0.3, -0.25) is 0 Å². The predicted molar refractivity (Wildman–Crippen MR) is 123 cm³/mol. The Balaban J connectivity index is 1.49. The molecule has 0 radical (unpaired) electrons. The Bertz CT molecular complexity index is 1120. The first-order chi connectivity index (χ1) is 14.3. The van der Waals surface area contributed by atoms with E-state index in [0.717, 1.165) is 47.9 Å². The highest BCUT2D eigenvalue weighted by Gasteiger charge is 2.20.